The number of hydrogen-bond acceptors (Lipinski definition) is 5. The lowest BCUT2D eigenvalue weighted by atomic mass is 9.88. The fraction of sp³-hybridized carbons (Fsp3) is 0.286. The van der Waals surface area contributed by atoms with Crippen molar-refractivity contribution in [2.45, 2.75) is 32.6 Å². The van der Waals surface area contributed by atoms with Crippen LogP contribution in [0.4, 0.5) is 5.69 Å². The highest BCUT2D eigenvalue weighted by atomic mass is 16.5. The lowest BCUT2D eigenvalue weighted by Gasteiger charge is -2.19. The molecule has 0 atom stereocenters. The average Bonchev–Trinajstić information content (AvgIpc) is 3.29. The summed E-state index contributed by atoms with van der Waals surface area (Å²) in [4.78, 5) is 43.9. The average molecular weight is 500 g/mol. The number of benzene rings is 1. The highest BCUT2D eigenvalue weighted by molar-refractivity contribution is 6.01. The molecule has 3 amide bonds. The van der Waals surface area contributed by atoms with E-state index in [1.54, 1.807) is 6.07 Å². The van der Waals surface area contributed by atoms with E-state index in [4.69, 9.17) is 9.72 Å². The molecule has 0 saturated heterocycles. The van der Waals surface area contributed by atoms with Crippen LogP contribution in [0.25, 0.3) is 22.5 Å². The molecule has 37 heavy (non-hydrogen) atoms. The maximum Gasteiger partial charge on any atom is 0.253 e. The summed E-state index contributed by atoms with van der Waals surface area (Å²) in [6, 6.07) is 7.57. The lowest BCUT2D eigenvalue weighted by molar-refractivity contribution is -0.119. The zero-order chi connectivity index (χ0) is 25.9. The summed E-state index contributed by atoms with van der Waals surface area (Å²) >= 11 is 0. The van der Waals surface area contributed by atoms with Gasteiger partial charge in [0.1, 0.15) is 5.75 Å². The number of carbonyl (C=O) groups is 3. The number of aryl methyl sites for hydroxylation is 1. The van der Waals surface area contributed by atoms with Gasteiger partial charge >= 0.3 is 0 Å². The van der Waals surface area contributed by atoms with Gasteiger partial charge in [-0.05, 0) is 60.7 Å². The van der Waals surface area contributed by atoms with Crippen molar-refractivity contribution in [1.29, 1.82) is 0 Å². The number of ether oxygens (including phenoxy) is 1. The Labute approximate surface area is 214 Å². The Morgan fingerprint density at radius 3 is 2.89 bits per heavy atom. The van der Waals surface area contributed by atoms with E-state index in [1.165, 1.54) is 13.0 Å². The molecule has 2 aliphatic rings. The summed E-state index contributed by atoms with van der Waals surface area (Å²) in [5.74, 6) is 0.0751. The van der Waals surface area contributed by atoms with Crippen molar-refractivity contribution < 1.29 is 19.1 Å². The first kappa shape index (κ1) is 24.3. The van der Waals surface area contributed by atoms with Crippen LogP contribution >= 0.6 is 0 Å². The van der Waals surface area contributed by atoms with Crippen LogP contribution in [0.2, 0.25) is 0 Å². The molecule has 190 valence electrons. The van der Waals surface area contributed by atoms with Crippen molar-refractivity contribution in [1.82, 2.24) is 20.6 Å². The number of aromatic amines is 1. The van der Waals surface area contributed by atoms with Gasteiger partial charge < -0.3 is 25.7 Å². The number of nitrogens with zero attached hydrogens (tertiary/aromatic N) is 1. The van der Waals surface area contributed by atoms with Crippen molar-refractivity contribution in [2.24, 2.45) is 0 Å². The molecule has 4 N–H and O–H groups in total. The van der Waals surface area contributed by atoms with E-state index in [0.29, 0.717) is 37.6 Å². The second-order valence-corrected chi connectivity index (χ2v) is 9.15. The molecule has 3 heterocycles. The lowest BCUT2D eigenvalue weighted by Crippen LogP contribution is -2.32. The van der Waals surface area contributed by atoms with Gasteiger partial charge in [0.15, 0.2) is 0 Å². The first-order valence-corrected chi connectivity index (χ1v) is 12.4. The molecule has 0 unspecified atom stereocenters. The Kier molecular flexibility index (Phi) is 6.76. The van der Waals surface area contributed by atoms with E-state index in [9.17, 15) is 14.4 Å². The van der Waals surface area contributed by atoms with Crippen molar-refractivity contribution >= 4 is 23.4 Å². The van der Waals surface area contributed by atoms with Crippen molar-refractivity contribution in [3.63, 3.8) is 0 Å². The first-order chi connectivity index (χ1) is 17.9. The molecule has 2 aromatic heterocycles. The third-order valence-electron chi connectivity index (χ3n) is 6.64. The number of hydrogen-bond donors (Lipinski definition) is 4. The molecule has 9 nitrogen and oxygen atoms in total. The maximum atomic E-state index is 12.5. The van der Waals surface area contributed by atoms with E-state index in [1.807, 2.05) is 24.4 Å². The van der Waals surface area contributed by atoms with Gasteiger partial charge in [0, 0.05) is 49.5 Å². The topological polar surface area (TPSA) is 125 Å². The summed E-state index contributed by atoms with van der Waals surface area (Å²) in [7, 11) is 0. The quantitative estimate of drug-likeness (QED) is 0.280. The monoisotopic (exact) mass is 499 g/mol. The molecule has 5 rings (SSSR count). The smallest absolute Gasteiger partial charge is 0.253 e. The van der Waals surface area contributed by atoms with Gasteiger partial charge in [-0.25, -0.2) is 0 Å². The van der Waals surface area contributed by atoms with Gasteiger partial charge in [-0.15, -0.1) is 0 Å². The highest BCUT2D eigenvalue weighted by Gasteiger charge is 2.29. The Bertz CT molecular complexity index is 1410. The molecule has 0 radical (unpaired) electrons. The molecule has 1 aliphatic heterocycles. The van der Waals surface area contributed by atoms with E-state index in [2.05, 4.69) is 27.5 Å². The van der Waals surface area contributed by atoms with Crippen LogP contribution in [0, 0.1) is 0 Å². The van der Waals surface area contributed by atoms with Gasteiger partial charge in [-0.2, -0.15) is 0 Å². The summed E-state index contributed by atoms with van der Waals surface area (Å²) in [5.41, 5.74) is 8.09. The van der Waals surface area contributed by atoms with E-state index >= 15 is 0 Å². The first-order valence-electron chi connectivity index (χ1n) is 12.4. The van der Waals surface area contributed by atoms with E-state index in [0.717, 1.165) is 64.2 Å². The molecule has 9 heteroatoms. The van der Waals surface area contributed by atoms with E-state index < -0.39 is 0 Å². The minimum Gasteiger partial charge on any atom is -0.491 e. The van der Waals surface area contributed by atoms with E-state index in [-0.39, 0.29) is 17.7 Å². The Balaban J connectivity index is 1.45. The van der Waals surface area contributed by atoms with Gasteiger partial charge in [0.05, 0.1) is 29.2 Å². The summed E-state index contributed by atoms with van der Waals surface area (Å²) in [6.45, 7) is 6.53. The predicted octanol–water partition coefficient (Wildman–Crippen LogP) is 3.16. The minimum absolute atomic E-state index is 0.00764. The Morgan fingerprint density at radius 2 is 2.08 bits per heavy atom. The maximum absolute atomic E-state index is 12.5. The minimum atomic E-state index is -0.349. The fourth-order valence-corrected chi connectivity index (χ4v) is 4.88. The molecule has 0 saturated carbocycles. The zero-order valence-electron chi connectivity index (χ0n) is 20.7. The third kappa shape index (κ3) is 4.97. The third-order valence-corrected chi connectivity index (χ3v) is 6.64. The molecule has 3 aromatic rings. The molecular weight excluding hydrogens is 470 g/mol. The van der Waals surface area contributed by atoms with Crippen LogP contribution in [0.1, 0.15) is 40.5 Å². The SMILES string of the molecule is C=CC(=O)Nc1cc(-c2cc3c(cn2)CCc2c-3[nH]c3c2C(=O)NCC3)ccc1OCCCNC(C)=O. The predicted molar refractivity (Wildman–Crippen MR) is 141 cm³/mol. The molecule has 1 aromatic carbocycles. The number of rotatable bonds is 8. The van der Waals surface area contributed by atoms with Crippen LogP contribution in [0.5, 0.6) is 5.75 Å². The van der Waals surface area contributed by atoms with Crippen molar-refractivity contribution in [3.05, 3.63) is 65.5 Å². The summed E-state index contributed by atoms with van der Waals surface area (Å²) in [5, 5.41) is 8.50. The summed E-state index contributed by atoms with van der Waals surface area (Å²) < 4.78 is 5.89. The normalized spacial score (nSPS) is 13.5. The van der Waals surface area contributed by atoms with Gasteiger partial charge in [0.2, 0.25) is 11.8 Å². The summed E-state index contributed by atoms with van der Waals surface area (Å²) in [6.07, 6.45) is 6.13. The van der Waals surface area contributed by atoms with Crippen LogP contribution in [-0.4, -0.2) is 47.4 Å². The fourth-order valence-electron chi connectivity index (χ4n) is 4.88. The molecule has 0 spiro atoms. The second kappa shape index (κ2) is 10.3. The van der Waals surface area contributed by atoms with Crippen LogP contribution in [0.3, 0.4) is 0 Å². The van der Waals surface area contributed by atoms with Crippen LogP contribution < -0.4 is 20.7 Å². The van der Waals surface area contributed by atoms with Crippen molar-refractivity contribution in [3.8, 4) is 28.3 Å². The van der Waals surface area contributed by atoms with Gasteiger partial charge in [0.25, 0.3) is 5.91 Å². The number of carbonyl (C=O) groups excluding carboxylic acids is 3. The second-order valence-electron chi connectivity index (χ2n) is 9.15. The Hall–Kier alpha value is -4.40. The molecular formula is C28H29N5O4. The van der Waals surface area contributed by atoms with Gasteiger partial charge in [-0.3, -0.25) is 19.4 Å². The molecule has 1 aliphatic carbocycles. The van der Waals surface area contributed by atoms with Crippen LogP contribution in [-0.2, 0) is 28.9 Å². The number of anilines is 1. The number of nitrogens with one attached hydrogen (secondary N) is 4. The van der Waals surface area contributed by atoms with Crippen LogP contribution in [0.15, 0.2) is 43.1 Å². The van der Waals surface area contributed by atoms with Crippen molar-refractivity contribution in [2.75, 3.05) is 25.0 Å². The highest BCUT2D eigenvalue weighted by Crippen LogP contribution is 2.39. The number of H-pyrrole nitrogens is 1. The number of aromatic nitrogens is 2. The standard InChI is InChI=1S/C28H29N5O4/c1-3-25(35)32-23-13-17(6-8-24(23)37-12-4-10-29-16(2)34)22-14-20-18(15-31-22)5-7-19-26-21(33-27(19)20)9-11-30-28(26)36/h3,6,8,13-15,33H,1,4-5,7,9-12H2,2H3,(H,29,34)(H,30,36)(H,32,35). The number of amides is 3. The zero-order valence-corrected chi connectivity index (χ0v) is 20.7. The Morgan fingerprint density at radius 1 is 1.22 bits per heavy atom. The largest absolute Gasteiger partial charge is 0.491 e. The molecule has 0 fully saturated rings. The number of fused-ring (bicyclic) bond motifs is 5. The number of pyridine rings is 1. The van der Waals surface area contributed by atoms with Gasteiger partial charge in [-0.1, -0.05) is 6.58 Å². The molecule has 0 bridgehead atoms.